The molecule has 0 saturated carbocycles. The minimum atomic E-state index is -1.72. The number of rotatable bonds is 5. The van der Waals surface area contributed by atoms with E-state index in [2.05, 4.69) is 0 Å². The number of aliphatic hydroxyl groups is 3. The van der Waals surface area contributed by atoms with Gasteiger partial charge in [0.15, 0.2) is 11.6 Å². The van der Waals surface area contributed by atoms with E-state index in [1.54, 1.807) is 0 Å². The van der Waals surface area contributed by atoms with Crippen LogP contribution in [0.1, 0.15) is 28.4 Å². The van der Waals surface area contributed by atoms with Gasteiger partial charge in [-0.05, 0) is 18.6 Å². The summed E-state index contributed by atoms with van der Waals surface area (Å²) < 4.78 is 25.9. The van der Waals surface area contributed by atoms with Gasteiger partial charge in [0.2, 0.25) is 0 Å². The molecule has 7 heteroatoms. The van der Waals surface area contributed by atoms with E-state index >= 15 is 0 Å². The summed E-state index contributed by atoms with van der Waals surface area (Å²) in [5, 5.41) is 36.5. The maximum atomic E-state index is 13.0. The summed E-state index contributed by atoms with van der Waals surface area (Å²) in [7, 11) is 0. The van der Waals surface area contributed by atoms with Gasteiger partial charge >= 0.3 is 5.97 Å². The lowest BCUT2D eigenvalue weighted by atomic mass is 9.97. The number of aromatic carboxylic acids is 1. The van der Waals surface area contributed by atoms with Gasteiger partial charge in [-0.3, -0.25) is 0 Å². The maximum Gasteiger partial charge on any atom is 0.336 e. The Balaban J connectivity index is 3.21. The fraction of sp³-hybridized carbons (Fsp3) is 0.364. The third-order valence-corrected chi connectivity index (χ3v) is 2.43. The Bertz CT molecular complexity index is 449. The van der Waals surface area contributed by atoms with Gasteiger partial charge in [-0.1, -0.05) is 0 Å². The van der Waals surface area contributed by atoms with Crippen molar-refractivity contribution in [3.63, 3.8) is 0 Å². The van der Waals surface area contributed by atoms with Crippen molar-refractivity contribution in [1.29, 1.82) is 0 Å². The number of halogens is 2. The van der Waals surface area contributed by atoms with Crippen LogP contribution in [0.5, 0.6) is 0 Å². The molecule has 18 heavy (non-hydrogen) atoms. The van der Waals surface area contributed by atoms with Gasteiger partial charge < -0.3 is 20.4 Å². The average Bonchev–Trinajstić information content (AvgIpc) is 2.31. The summed E-state index contributed by atoms with van der Waals surface area (Å²) in [5.41, 5.74) is -1.08. The largest absolute Gasteiger partial charge is 0.478 e. The molecule has 5 nitrogen and oxygen atoms in total. The van der Waals surface area contributed by atoms with E-state index in [0.717, 1.165) is 0 Å². The van der Waals surface area contributed by atoms with Crippen molar-refractivity contribution in [2.75, 3.05) is 6.61 Å². The molecule has 100 valence electrons. The normalized spacial score (nSPS) is 14.3. The molecule has 0 fully saturated rings. The van der Waals surface area contributed by atoms with Crippen LogP contribution < -0.4 is 0 Å². The molecule has 4 N–H and O–H groups in total. The van der Waals surface area contributed by atoms with Crippen LogP contribution >= 0.6 is 0 Å². The molecule has 0 saturated heterocycles. The number of aliphatic hydroxyl groups excluding tert-OH is 3. The number of benzene rings is 1. The third-order valence-electron chi connectivity index (χ3n) is 2.43. The second-order valence-corrected chi connectivity index (χ2v) is 3.68. The predicted octanol–water partition coefficient (Wildman–Crippen LogP) is 0.440. The van der Waals surface area contributed by atoms with Gasteiger partial charge in [-0.15, -0.1) is 0 Å². The molecule has 2 unspecified atom stereocenters. The molecule has 0 spiro atoms. The highest BCUT2D eigenvalue weighted by molar-refractivity contribution is 5.89. The molecule has 0 bridgehead atoms. The number of carbonyl (C=O) groups is 1. The summed E-state index contributed by atoms with van der Waals surface area (Å²) in [6, 6.07) is 0.950. The highest BCUT2D eigenvalue weighted by atomic mass is 19.2. The van der Waals surface area contributed by atoms with Crippen molar-refractivity contribution in [3.8, 4) is 0 Å². The summed E-state index contributed by atoms with van der Waals surface area (Å²) in [6.07, 6.45) is -3.42. The Morgan fingerprint density at radius 2 is 1.78 bits per heavy atom. The first kappa shape index (κ1) is 14.5. The third kappa shape index (κ3) is 3.00. The summed E-state index contributed by atoms with van der Waals surface area (Å²) in [6.45, 7) is -0.440. The average molecular weight is 262 g/mol. The minimum Gasteiger partial charge on any atom is -0.478 e. The Kier molecular flexibility index (Phi) is 4.71. The quantitative estimate of drug-likeness (QED) is 0.617. The second kappa shape index (κ2) is 5.85. The lowest BCUT2D eigenvalue weighted by Gasteiger charge is -2.19. The van der Waals surface area contributed by atoms with Crippen LogP contribution in [-0.4, -0.2) is 39.1 Å². The van der Waals surface area contributed by atoms with Crippen molar-refractivity contribution in [1.82, 2.24) is 0 Å². The summed E-state index contributed by atoms with van der Waals surface area (Å²) in [5.74, 6) is -4.25. The molecular weight excluding hydrogens is 250 g/mol. The van der Waals surface area contributed by atoms with Gasteiger partial charge in [0.05, 0.1) is 11.7 Å². The zero-order valence-electron chi connectivity index (χ0n) is 9.18. The van der Waals surface area contributed by atoms with Crippen LogP contribution in [0.4, 0.5) is 8.78 Å². The van der Waals surface area contributed by atoms with Crippen LogP contribution in [0.3, 0.4) is 0 Å². The minimum absolute atomic E-state index is 0.223. The van der Waals surface area contributed by atoms with Crippen LogP contribution in [0, 0.1) is 11.6 Å². The standard InChI is InChI=1S/C11H12F2O5/c12-7-3-5(10(16)9(15)1-2-14)6(11(17)18)4-8(7)13/h3-4,9-10,14-16H,1-2H2,(H,17,18). The smallest absolute Gasteiger partial charge is 0.336 e. The van der Waals surface area contributed by atoms with E-state index in [4.69, 9.17) is 10.2 Å². The van der Waals surface area contributed by atoms with Gasteiger partial charge in [0.25, 0.3) is 0 Å². The van der Waals surface area contributed by atoms with Crippen LogP contribution in [0.15, 0.2) is 12.1 Å². The fourth-order valence-electron chi connectivity index (χ4n) is 1.49. The van der Waals surface area contributed by atoms with Crippen molar-refractivity contribution < 1.29 is 34.0 Å². The van der Waals surface area contributed by atoms with E-state index in [1.165, 1.54) is 0 Å². The van der Waals surface area contributed by atoms with Gasteiger partial charge in [-0.25, -0.2) is 13.6 Å². The highest BCUT2D eigenvalue weighted by Gasteiger charge is 2.25. The molecule has 0 aliphatic heterocycles. The van der Waals surface area contributed by atoms with Crippen molar-refractivity contribution in [2.45, 2.75) is 18.6 Å². The first-order valence-electron chi connectivity index (χ1n) is 5.07. The molecule has 0 aliphatic carbocycles. The predicted molar refractivity (Wildman–Crippen MR) is 56.0 cm³/mol. The van der Waals surface area contributed by atoms with E-state index < -0.39 is 47.5 Å². The SMILES string of the molecule is O=C(O)c1cc(F)c(F)cc1C(O)C(O)CCO. The topological polar surface area (TPSA) is 98.0 Å². The molecular formula is C11H12F2O5. The Morgan fingerprint density at radius 3 is 2.28 bits per heavy atom. The maximum absolute atomic E-state index is 13.0. The van der Waals surface area contributed by atoms with Crippen molar-refractivity contribution in [3.05, 3.63) is 34.9 Å². The molecule has 1 aromatic rings. The molecule has 1 rings (SSSR count). The Labute approximate surface area is 101 Å². The molecule has 0 heterocycles. The van der Waals surface area contributed by atoms with Gasteiger partial charge in [-0.2, -0.15) is 0 Å². The van der Waals surface area contributed by atoms with Gasteiger partial charge in [0, 0.05) is 12.2 Å². The molecule has 0 amide bonds. The summed E-state index contributed by atoms with van der Waals surface area (Å²) >= 11 is 0. The zero-order chi connectivity index (χ0) is 13.9. The molecule has 0 radical (unpaired) electrons. The second-order valence-electron chi connectivity index (χ2n) is 3.68. The summed E-state index contributed by atoms with van der Waals surface area (Å²) in [4.78, 5) is 10.8. The highest BCUT2D eigenvalue weighted by Crippen LogP contribution is 2.25. The number of carboxylic acids is 1. The van der Waals surface area contributed by atoms with Gasteiger partial charge in [0.1, 0.15) is 6.10 Å². The zero-order valence-corrected chi connectivity index (χ0v) is 9.18. The number of carboxylic acid groups (broad SMARTS) is 1. The van der Waals surface area contributed by atoms with Crippen molar-refractivity contribution in [2.24, 2.45) is 0 Å². The van der Waals surface area contributed by atoms with Crippen molar-refractivity contribution >= 4 is 5.97 Å². The lowest BCUT2D eigenvalue weighted by Crippen LogP contribution is -2.22. The Hall–Kier alpha value is -1.57. The van der Waals surface area contributed by atoms with E-state index in [-0.39, 0.29) is 6.42 Å². The molecule has 1 aromatic carbocycles. The molecule has 0 aliphatic rings. The van der Waals surface area contributed by atoms with Crippen LogP contribution in [0.2, 0.25) is 0 Å². The molecule has 0 aromatic heterocycles. The van der Waals surface area contributed by atoms with E-state index in [0.29, 0.717) is 12.1 Å². The van der Waals surface area contributed by atoms with E-state index in [9.17, 15) is 23.8 Å². The monoisotopic (exact) mass is 262 g/mol. The van der Waals surface area contributed by atoms with E-state index in [1.807, 2.05) is 0 Å². The number of hydrogen-bond acceptors (Lipinski definition) is 4. The lowest BCUT2D eigenvalue weighted by molar-refractivity contribution is 0.00330. The number of hydrogen-bond donors (Lipinski definition) is 4. The first-order chi connectivity index (χ1) is 8.38. The van der Waals surface area contributed by atoms with Crippen LogP contribution in [0.25, 0.3) is 0 Å². The Morgan fingerprint density at radius 1 is 1.22 bits per heavy atom. The first-order valence-corrected chi connectivity index (χ1v) is 5.07. The molecule has 2 atom stereocenters. The van der Waals surface area contributed by atoms with Crippen LogP contribution in [-0.2, 0) is 0 Å². The fourth-order valence-corrected chi connectivity index (χ4v) is 1.49.